The Morgan fingerprint density at radius 1 is 1.23 bits per heavy atom. The van der Waals surface area contributed by atoms with Crippen molar-refractivity contribution in [1.29, 1.82) is 0 Å². The number of halogens is 1. The van der Waals surface area contributed by atoms with Crippen LogP contribution in [0.15, 0.2) is 58.2 Å². The first-order chi connectivity index (χ1) is 15.0. The largest absolute Gasteiger partial charge is 0.334 e. The van der Waals surface area contributed by atoms with Gasteiger partial charge in [-0.2, -0.15) is 9.29 Å². The van der Waals surface area contributed by atoms with Gasteiger partial charge in [0.1, 0.15) is 5.82 Å². The molecule has 0 bridgehead atoms. The lowest BCUT2D eigenvalue weighted by Gasteiger charge is -2.40. The fourth-order valence-electron chi connectivity index (χ4n) is 4.43. The minimum atomic E-state index is -3.83. The van der Waals surface area contributed by atoms with Crippen molar-refractivity contribution >= 4 is 10.0 Å². The molecule has 9 heteroatoms. The molecule has 2 aliphatic rings. The van der Waals surface area contributed by atoms with Crippen LogP contribution < -0.4 is 0 Å². The van der Waals surface area contributed by atoms with Gasteiger partial charge in [-0.25, -0.2) is 12.8 Å². The van der Waals surface area contributed by atoms with Gasteiger partial charge < -0.3 is 4.52 Å². The van der Waals surface area contributed by atoms with E-state index >= 15 is 0 Å². The molecule has 1 saturated heterocycles. The minimum Gasteiger partial charge on any atom is -0.334 e. The number of rotatable bonds is 6. The average molecular weight is 443 g/mol. The van der Waals surface area contributed by atoms with Crippen LogP contribution >= 0.6 is 0 Å². The summed E-state index contributed by atoms with van der Waals surface area (Å²) in [7, 11) is -3.83. The maximum atomic E-state index is 13.7. The van der Waals surface area contributed by atoms with Crippen molar-refractivity contribution in [2.24, 2.45) is 5.92 Å². The molecule has 1 aliphatic heterocycles. The zero-order valence-corrected chi connectivity index (χ0v) is 17.8. The van der Waals surface area contributed by atoms with Crippen LogP contribution in [0.4, 0.5) is 4.39 Å². The molecule has 5 rings (SSSR count). The standard InChI is InChI=1S/C22H23FN4O3S/c23-18-5-1-6-19(12-18)31(28,29)27-11-3-9-22(15-27,13-16-7-8-16)21-25-20(30-26-21)17-4-2-10-24-14-17/h1-2,4-6,10,12,14,16H,3,7-9,11,13,15H2. The Balaban J connectivity index is 1.49. The molecule has 2 fully saturated rings. The fourth-order valence-corrected chi connectivity index (χ4v) is 6.03. The first kappa shape index (κ1) is 20.3. The third-order valence-electron chi connectivity index (χ3n) is 6.16. The molecule has 2 aromatic heterocycles. The molecular formula is C22H23FN4O3S. The number of benzene rings is 1. The van der Waals surface area contributed by atoms with Crippen LogP contribution in [0, 0.1) is 11.7 Å². The quantitative estimate of drug-likeness (QED) is 0.577. The Morgan fingerprint density at radius 2 is 2.10 bits per heavy atom. The van der Waals surface area contributed by atoms with Crippen molar-refractivity contribution in [2.45, 2.75) is 42.4 Å². The zero-order valence-electron chi connectivity index (χ0n) is 16.9. The summed E-state index contributed by atoms with van der Waals surface area (Å²) >= 11 is 0. The molecule has 1 unspecified atom stereocenters. The first-order valence-electron chi connectivity index (χ1n) is 10.5. The van der Waals surface area contributed by atoms with Gasteiger partial charge >= 0.3 is 0 Å². The van der Waals surface area contributed by atoms with E-state index in [9.17, 15) is 12.8 Å². The van der Waals surface area contributed by atoms with Gasteiger partial charge in [-0.15, -0.1) is 0 Å². The first-order valence-corrected chi connectivity index (χ1v) is 11.9. The SMILES string of the molecule is O=S(=O)(c1cccc(F)c1)N1CCCC(CC2CC2)(c2noc(-c3cccnc3)n2)C1. The van der Waals surface area contributed by atoms with Gasteiger partial charge in [0, 0.05) is 30.9 Å². The molecule has 3 aromatic rings. The maximum absolute atomic E-state index is 13.7. The average Bonchev–Trinajstić information content (AvgIpc) is 3.44. The van der Waals surface area contributed by atoms with Gasteiger partial charge in [-0.05, 0) is 55.5 Å². The van der Waals surface area contributed by atoms with E-state index in [-0.39, 0.29) is 11.4 Å². The number of hydrogen-bond donors (Lipinski definition) is 0. The predicted molar refractivity (Wildman–Crippen MR) is 111 cm³/mol. The van der Waals surface area contributed by atoms with Crippen LogP contribution in [0.1, 0.15) is 37.9 Å². The van der Waals surface area contributed by atoms with Crippen molar-refractivity contribution < 1.29 is 17.3 Å². The van der Waals surface area contributed by atoms with Gasteiger partial charge in [0.25, 0.3) is 5.89 Å². The number of hydrogen-bond acceptors (Lipinski definition) is 6. The second-order valence-corrected chi connectivity index (χ2v) is 10.4. The summed E-state index contributed by atoms with van der Waals surface area (Å²) in [6.07, 6.45) is 7.87. The molecule has 0 N–H and O–H groups in total. The highest BCUT2D eigenvalue weighted by Gasteiger charge is 2.47. The lowest BCUT2D eigenvalue weighted by molar-refractivity contribution is 0.190. The van der Waals surface area contributed by atoms with Crippen molar-refractivity contribution in [1.82, 2.24) is 19.4 Å². The maximum Gasteiger partial charge on any atom is 0.259 e. The molecule has 162 valence electrons. The van der Waals surface area contributed by atoms with Crippen molar-refractivity contribution in [3.8, 4) is 11.5 Å². The second-order valence-electron chi connectivity index (χ2n) is 8.49. The second kappa shape index (κ2) is 7.80. The van der Waals surface area contributed by atoms with Crippen LogP contribution in [0.25, 0.3) is 11.5 Å². The fraction of sp³-hybridized carbons (Fsp3) is 0.409. The molecule has 31 heavy (non-hydrogen) atoms. The van der Waals surface area contributed by atoms with E-state index < -0.39 is 21.3 Å². The van der Waals surface area contributed by atoms with E-state index in [2.05, 4.69) is 15.1 Å². The Bertz CT molecular complexity index is 1180. The van der Waals surface area contributed by atoms with Gasteiger partial charge in [0.2, 0.25) is 10.0 Å². The molecule has 1 aromatic carbocycles. The van der Waals surface area contributed by atoms with Crippen LogP contribution in [0.2, 0.25) is 0 Å². The third-order valence-corrected chi connectivity index (χ3v) is 8.00. The number of pyridine rings is 1. The molecular weight excluding hydrogens is 419 g/mol. The molecule has 1 aliphatic carbocycles. The normalized spacial score (nSPS) is 22.5. The monoisotopic (exact) mass is 442 g/mol. The van der Waals surface area contributed by atoms with Crippen LogP contribution in [0.3, 0.4) is 0 Å². The predicted octanol–water partition coefficient (Wildman–Crippen LogP) is 3.79. The highest BCUT2D eigenvalue weighted by Crippen LogP contribution is 2.46. The van der Waals surface area contributed by atoms with Crippen molar-refractivity contribution in [3.63, 3.8) is 0 Å². The van der Waals surface area contributed by atoms with Gasteiger partial charge in [0.05, 0.1) is 10.5 Å². The van der Waals surface area contributed by atoms with E-state index in [1.165, 1.54) is 22.5 Å². The number of nitrogens with zero attached hydrogens (tertiary/aromatic N) is 4. The van der Waals surface area contributed by atoms with Crippen LogP contribution in [0.5, 0.6) is 0 Å². The molecule has 0 spiro atoms. The minimum absolute atomic E-state index is 0.0288. The van der Waals surface area contributed by atoms with Gasteiger partial charge in [-0.3, -0.25) is 4.98 Å². The van der Waals surface area contributed by atoms with Crippen LogP contribution in [-0.4, -0.2) is 40.9 Å². The Morgan fingerprint density at radius 3 is 2.84 bits per heavy atom. The number of sulfonamides is 1. The summed E-state index contributed by atoms with van der Waals surface area (Å²) in [5.74, 6) is 0.888. The van der Waals surface area contributed by atoms with E-state index in [0.717, 1.165) is 37.3 Å². The number of aromatic nitrogens is 3. The molecule has 3 heterocycles. The zero-order chi connectivity index (χ0) is 21.5. The Kier molecular flexibility index (Phi) is 5.10. The van der Waals surface area contributed by atoms with Crippen molar-refractivity contribution in [2.75, 3.05) is 13.1 Å². The molecule has 1 atom stereocenters. The topological polar surface area (TPSA) is 89.2 Å². The van der Waals surface area contributed by atoms with E-state index in [0.29, 0.717) is 30.6 Å². The smallest absolute Gasteiger partial charge is 0.259 e. The highest BCUT2D eigenvalue weighted by atomic mass is 32.2. The Labute approximate surface area is 180 Å². The van der Waals surface area contributed by atoms with Gasteiger partial charge in [0.15, 0.2) is 5.82 Å². The van der Waals surface area contributed by atoms with E-state index in [1.807, 2.05) is 6.07 Å². The molecule has 7 nitrogen and oxygen atoms in total. The third kappa shape index (κ3) is 3.99. The van der Waals surface area contributed by atoms with Crippen LogP contribution in [-0.2, 0) is 15.4 Å². The van der Waals surface area contributed by atoms with Gasteiger partial charge in [-0.1, -0.05) is 24.1 Å². The summed E-state index contributed by atoms with van der Waals surface area (Å²) in [4.78, 5) is 8.73. The Hall–Kier alpha value is -2.65. The van der Waals surface area contributed by atoms with Crippen molar-refractivity contribution in [3.05, 3.63) is 60.4 Å². The molecule has 0 amide bonds. The lowest BCUT2D eigenvalue weighted by atomic mass is 9.75. The van der Waals surface area contributed by atoms with E-state index in [4.69, 9.17) is 4.52 Å². The van der Waals surface area contributed by atoms with E-state index in [1.54, 1.807) is 18.5 Å². The lowest BCUT2D eigenvalue weighted by Crippen LogP contribution is -2.49. The summed E-state index contributed by atoms with van der Waals surface area (Å²) in [6, 6.07) is 8.81. The summed E-state index contributed by atoms with van der Waals surface area (Å²) in [5.41, 5.74) is 0.201. The summed E-state index contributed by atoms with van der Waals surface area (Å²) in [5, 5.41) is 4.28. The summed E-state index contributed by atoms with van der Waals surface area (Å²) < 4.78 is 47.2. The highest BCUT2D eigenvalue weighted by molar-refractivity contribution is 7.89. The summed E-state index contributed by atoms with van der Waals surface area (Å²) in [6.45, 7) is 0.646. The molecule has 0 radical (unpaired) electrons. The molecule has 1 saturated carbocycles. The number of piperidine rings is 1.